The van der Waals surface area contributed by atoms with Gasteiger partial charge in [-0.2, -0.15) is 5.10 Å². The van der Waals surface area contributed by atoms with E-state index in [0.717, 1.165) is 17.7 Å². The highest BCUT2D eigenvalue weighted by atomic mass is 35.5. The molecule has 0 radical (unpaired) electrons. The summed E-state index contributed by atoms with van der Waals surface area (Å²) < 4.78 is 13.8. The summed E-state index contributed by atoms with van der Waals surface area (Å²) in [5.41, 5.74) is 1.66. The molecule has 5 nitrogen and oxygen atoms in total. The van der Waals surface area contributed by atoms with Crippen LogP contribution in [0.25, 0.3) is 0 Å². The van der Waals surface area contributed by atoms with E-state index in [-0.39, 0.29) is 11.3 Å². The Labute approximate surface area is 180 Å². The van der Waals surface area contributed by atoms with Crippen LogP contribution in [0, 0.1) is 6.92 Å². The molecule has 0 aliphatic heterocycles. The molecule has 0 saturated carbocycles. The average Bonchev–Trinajstić information content (AvgIpc) is 2.96. The van der Waals surface area contributed by atoms with Crippen molar-refractivity contribution in [2.75, 3.05) is 0 Å². The van der Waals surface area contributed by atoms with Gasteiger partial charge >= 0.3 is 0 Å². The Morgan fingerprint density at radius 1 is 1.00 bits per heavy atom. The number of nitrogens with zero attached hydrogens (tertiary/aromatic N) is 2. The number of phenols is 1. The van der Waals surface area contributed by atoms with Gasteiger partial charge in [-0.15, -0.1) is 0 Å². The Morgan fingerprint density at radius 3 is 2.10 bits per heavy atom. The molecule has 1 heterocycles. The van der Waals surface area contributed by atoms with E-state index in [0.29, 0.717) is 33.2 Å². The molecule has 0 amide bonds. The van der Waals surface area contributed by atoms with E-state index in [1.807, 2.05) is 11.6 Å². The van der Waals surface area contributed by atoms with E-state index in [1.165, 1.54) is 12.1 Å². The lowest BCUT2D eigenvalue weighted by Gasteiger charge is -2.23. The number of aryl methyl sites for hydroxylation is 1. The molecule has 0 aliphatic rings. The molecule has 1 aromatic heterocycles. The number of rotatable bonds is 5. The largest absolute Gasteiger partial charge is 0.508 e. The number of ether oxygens (including phenoxy) is 2. The van der Waals surface area contributed by atoms with Crippen molar-refractivity contribution in [3.05, 3.63) is 57.7 Å². The normalized spacial score (nSPS) is 11.6. The number of halogens is 2. The second kappa shape index (κ2) is 8.17. The topological polar surface area (TPSA) is 56.5 Å². The number of hydrogen-bond donors (Lipinski definition) is 1. The van der Waals surface area contributed by atoms with Gasteiger partial charge in [0.1, 0.15) is 17.2 Å². The van der Waals surface area contributed by atoms with Gasteiger partial charge in [-0.05, 0) is 58.4 Å². The van der Waals surface area contributed by atoms with E-state index in [9.17, 15) is 5.11 Å². The first-order chi connectivity index (χ1) is 13.6. The van der Waals surface area contributed by atoms with Crippen molar-refractivity contribution in [1.29, 1.82) is 0 Å². The van der Waals surface area contributed by atoms with Gasteiger partial charge in [0.25, 0.3) is 0 Å². The third-order valence-electron chi connectivity index (χ3n) is 4.38. The van der Waals surface area contributed by atoms with Gasteiger partial charge in [0.05, 0.1) is 21.3 Å². The lowest BCUT2D eigenvalue weighted by atomic mass is 10.1. The maximum Gasteiger partial charge on any atom is 0.221 e. The van der Waals surface area contributed by atoms with Crippen LogP contribution in [0.3, 0.4) is 0 Å². The van der Waals surface area contributed by atoms with Crippen molar-refractivity contribution >= 4 is 23.2 Å². The molecule has 154 valence electrons. The van der Waals surface area contributed by atoms with Crippen LogP contribution in [0.4, 0.5) is 0 Å². The molecule has 0 atom stereocenters. The standard InChI is InChI=1S/C22H24Cl2N2O3/c1-6-19-13(2)21(26(25-19)22(3,4)5)29-20-17(23)11-16(12-18(20)24)28-15-9-7-14(27)8-10-15/h7-12,27H,6H2,1-5H3. The van der Waals surface area contributed by atoms with Crippen LogP contribution in [0.2, 0.25) is 10.0 Å². The van der Waals surface area contributed by atoms with E-state index < -0.39 is 0 Å². The molecular formula is C22H24Cl2N2O3. The third-order valence-corrected chi connectivity index (χ3v) is 4.94. The molecule has 3 aromatic rings. The van der Waals surface area contributed by atoms with Crippen molar-refractivity contribution in [3.8, 4) is 28.9 Å². The highest BCUT2D eigenvalue weighted by Gasteiger charge is 2.25. The summed E-state index contributed by atoms with van der Waals surface area (Å²) in [7, 11) is 0. The Kier molecular flexibility index (Phi) is 6.01. The summed E-state index contributed by atoms with van der Waals surface area (Å²) in [6.45, 7) is 10.2. The minimum atomic E-state index is -0.269. The molecule has 0 fully saturated rings. The predicted octanol–water partition coefficient (Wildman–Crippen LogP) is 7.11. The zero-order valence-corrected chi connectivity index (χ0v) is 18.6. The van der Waals surface area contributed by atoms with Crippen LogP contribution in [0.1, 0.15) is 39.0 Å². The molecule has 0 saturated heterocycles. The fraction of sp³-hybridized carbons (Fsp3) is 0.318. The monoisotopic (exact) mass is 434 g/mol. The van der Waals surface area contributed by atoms with Crippen molar-refractivity contribution in [3.63, 3.8) is 0 Å². The van der Waals surface area contributed by atoms with Crippen molar-refractivity contribution in [2.24, 2.45) is 0 Å². The molecule has 29 heavy (non-hydrogen) atoms. The zero-order valence-electron chi connectivity index (χ0n) is 17.1. The second-order valence-electron chi connectivity index (χ2n) is 7.73. The summed E-state index contributed by atoms with van der Waals surface area (Å²) in [5.74, 6) is 2.15. The fourth-order valence-electron chi connectivity index (χ4n) is 2.87. The second-order valence-corrected chi connectivity index (χ2v) is 8.54. The first kappa shape index (κ1) is 21.3. The quantitative estimate of drug-likeness (QED) is 0.464. The third kappa shape index (κ3) is 4.62. The number of hydrogen-bond acceptors (Lipinski definition) is 4. The maximum absolute atomic E-state index is 9.39. The van der Waals surface area contributed by atoms with E-state index in [4.69, 9.17) is 37.8 Å². The molecule has 7 heteroatoms. The van der Waals surface area contributed by atoms with Crippen LogP contribution < -0.4 is 9.47 Å². The van der Waals surface area contributed by atoms with Crippen LogP contribution >= 0.6 is 23.2 Å². The number of phenolic OH excluding ortho intramolecular Hbond substituents is 1. The molecule has 3 rings (SSSR count). The van der Waals surface area contributed by atoms with E-state index >= 15 is 0 Å². The van der Waals surface area contributed by atoms with Gasteiger partial charge < -0.3 is 14.6 Å². The van der Waals surface area contributed by atoms with Gasteiger partial charge in [0, 0.05) is 17.7 Å². The fourth-order valence-corrected chi connectivity index (χ4v) is 3.42. The minimum absolute atomic E-state index is 0.162. The molecule has 0 spiro atoms. The van der Waals surface area contributed by atoms with Crippen LogP contribution in [-0.4, -0.2) is 14.9 Å². The zero-order chi connectivity index (χ0) is 21.3. The molecule has 2 aromatic carbocycles. The molecule has 1 N–H and O–H groups in total. The smallest absolute Gasteiger partial charge is 0.221 e. The summed E-state index contributed by atoms with van der Waals surface area (Å²) in [4.78, 5) is 0. The van der Waals surface area contributed by atoms with Gasteiger partial charge in [-0.1, -0.05) is 30.1 Å². The van der Waals surface area contributed by atoms with E-state index in [1.54, 1.807) is 24.3 Å². The van der Waals surface area contributed by atoms with Gasteiger partial charge in [0.15, 0.2) is 5.75 Å². The van der Waals surface area contributed by atoms with Gasteiger partial charge in [0.2, 0.25) is 5.88 Å². The summed E-state index contributed by atoms with van der Waals surface area (Å²) in [6.07, 6.45) is 0.798. The SMILES string of the molecule is CCc1nn(C(C)(C)C)c(Oc2c(Cl)cc(Oc3ccc(O)cc3)cc2Cl)c1C. The van der Waals surface area contributed by atoms with Crippen LogP contribution in [-0.2, 0) is 12.0 Å². The van der Waals surface area contributed by atoms with Crippen molar-refractivity contribution in [1.82, 2.24) is 9.78 Å². The predicted molar refractivity (Wildman–Crippen MR) is 116 cm³/mol. The maximum atomic E-state index is 9.39. The Morgan fingerprint density at radius 2 is 1.59 bits per heavy atom. The Hall–Kier alpha value is -2.37. The molecular weight excluding hydrogens is 411 g/mol. The summed E-state index contributed by atoms with van der Waals surface area (Å²) in [5, 5.41) is 14.7. The Balaban J connectivity index is 1.95. The molecule has 0 unspecified atom stereocenters. The summed E-state index contributed by atoms with van der Waals surface area (Å²) in [6, 6.07) is 9.67. The van der Waals surface area contributed by atoms with Crippen LogP contribution in [0.5, 0.6) is 28.9 Å². The lowest BCUT2D eigenvalue weighted by molar-refractivity contribution is 0.300. The van der Waals surface area contributed by atoms with Crippen molar-refractivity contribution in [2.45, 2.75) is 46.6 Å². The first-order valence-electron chi connectivity index (χ1n) is 9.33. The number of aromatic nitrogens is 2. The lowest BCUT2D eigenvalue weighted by Crippen LogP contribution is -2.24. The van der Waals surface area contributed by atoms with Gasteiger partial charge in [-0.25, -0.2) is 4.68 Å². The van der Waals surface area contributed by atoms with E-state index in [2.05, 4.69) is 27.7 Å². The Bertz CT molecular complexity index is 999. The molecule has 0 aliphatic carbocycles. The summed E-state index contributed by atoms with van der Waals surface area (Å²) >= 11 is 13.0. The highest BCUT2D eigenvalue weighted by molar-refractivity contribution is 6.37. The van der Waals surface area contributed by atoms with Crippen molar-refractivity contribution < 1.29 is 14.6 Å². The van der Waals surface area contributed by atoms with Gasteiger partial charge in [-0.3, -0.25) is 0 Å². The number of aromatic hydroxyl groups is 1. The minimum Gasteiger partial charge on any atom is -0.508 e. The highest BCUT2D eigenvalue weighted by Crippen LogP contribution is 2.42. The molecule has 0 bridgehead atoms. The van der Waals surface area contributed by atoms with Crippen LogP contribution in [0.15, 0.2) is 36.4 Å². The first-order valence-corrected chi connectivity index (χ1v) is 10.1. The average molecular weight is 435 g/mol. The number of benzene rings is 2.